The second-order valence-corrected chi connectivity index (χ2v) is 9.77. The monoisotopic (exact) mass is 419 g/mol. The Morgan fingerprint density at radius 1 is 1.20 bits per heavy atom. The van der Waals surface area contributed by atoms with E-state index in [4.69, 9.17) is 4.74 Å². The minimum Gasteiger partial charge on any atom is -0.396 e. The molecule has 1 saturated heterocycles. The highest BCUT2D eigenvalue weighted by Gasteiger charge is 2.33. The predicted molar refractivity (Wildman–Crippen MR) is 121 cm³/mol. The molecule has 2 aliphatic rings. The van der Waals surface area contributed by atoms with Crippen molar-refractivity contribution in [3.05, 3.63) is 36.0 Å². The molecular weight excluding hydrogens is 378 g/mol. The summed E-state index contributed by atoms with van der Waals surface area (Å²) < 4.78 is 6.15. The molecule has 0 aromatic carbocycles. The van der Waals surface area contributed by atoms with Gasteiger partial charge in [-0.1, -0.05) is 29.9 Å². The highest BCUT2D eigenvalue weighted by Crippen LogP contribution is 2.33. The van der Waals surface area contributed by atoms with Crippen LogP contribution in [0.1, 0.15) is 72.6 Å². The zero-order chi connectivity index (χ0) is 22.1. The topological polar surface area (TPSA) is 78.8 Å². The zero-order valence-electron chi connectivity index (χ0n) is 19.1. The van der Waals surface area contributed by atoms with Gasteiger partial charge in [-0.05, 0) is 84.5 Å². The number of rotatable bonds is 8. The van der Waals surface area contributed by atoms with Crippen LogP contribution < -0.4 is 5.32 Å². The lowest BCUT2D eigenvalue weighted by Crippen LogP contribution is -2.39. The molecule has 0 aromatic rings. The summed E-state index contributed by atoms with van der Waals surface area (Å²) >= 11 is 0. The van der Waals surface area contributed by atoms with E-state index in [2.05, 4.69) is 44.3 Å². The van der Waals surface area contributed by atoms with Crippen LogP contribution in [0.15, 0.2) is 36.0 Å². The SMILES string of the molecule is CC(/C=C/[C@@H]1CC(CO)CC(C)(C)O1)=C\C[C@H]1CC[C@@H](NC(=O)/C=C\[C@H](C)O)CC1. The third-order valence-electron chi connectivity index (χ3n) is 6.14. The summed E-state index contributed by atoms with van der Waals surface area (Å²) in [6.07, 6.45) is 16.1. The molecule has 0 aromatic heterocycles. The van der Waals surface area contributed by atoms with Gasteiger partial charge in [0.25, 0.3) is 0 Å². The molecule has 0 spiro atoms. The summed E-state index contributed by atoms with van der Waals surface area (Å²) in [4.78, 5) is 11.8. The maximum Gasteiger partial charge on any atom is 0.243 e. The number of aliphatic hydroxyl groups excluding tert-OH is 2. The average molecular weight is 420 g/mol. The molecule has 0 bridgehead atoms. The summed E-state index contributed by atoms with van der Waals surface area (Å²) in [7, 11) is 0. The van der Waals surface area contributed by atoms with Gasteiger partial charge in [0.05, 0.1) is 17.8 Å². The van der Waals surface area contributed by atoms with E-state index in [1.165, 1.54) is 17.7 Å². The zero-order valence-corrected chi connectivity index (χ0v) is 19.1. The molecule has 1 amide bonds. The van der Waals surface area contributed by atoms with E-state index in [0.717, 1.165) is 44.9 Å². The van der Waals surface area contributed by atoms with Crippen LogP contribution in [-0.2, 0) is 9.53 Å². The first kappa shape index (κ1) is 24.8. The molecule has 3 N–H and O–H groups in total. The first-order valence-corrected chi connectivity index (χ1v) is 11.5. The number of allylic oxidation sites excluding steroid dienone is 3. The van der Waals surface area contributed by atoms with Crippen LogP contribution >= 0.6 is 0 Å². The molecule has 170 valence electrons. The van der Waals surface area contributed by atoms with E-state index in [9.17, 15) is 15.0 Å². The molecule has 2 rings (SSSR count). The smallest absolute Gasteiger partial charge is 0.243 e. The van der Waals surface area contributed by atoms with Gasteiger partial charge in [-0.25, -0.2) is 0 Å². The summed E-state index contributed by atoms with van der Waals surface area (Å²) in [5.74, 6) is 0.862. The number of carbonyl (C=O) groups excluding carboxylic acids is 1. The molecular formula is C25H41NO4. The van der Waals surface area contributed by atoms with E-state index in [1.807, 2.05) is 0 Å². The highest BCUT2D eigenvalue weighted by molar-refractivity contribution is 5.87. The second kappa shape index (κ2) is 11.8. The van der Waals surface area contributed by atoms with E-state index in [1.54, 1.807) is 6.92 Å². The van der Waals surface area contributed by atoms with Gasteiger partial charge >= 0.3 is 0 Å². The van der Waals surface area contributed by atoms with Crippen molar-refractivity contribution in [3.63, 3.8) is 0 Å². The quantitative estimate of drug-likeness (QED) is 0.410. The van der Waals surface area contributed by atoms with Gasteiger partial charge in [-0.15, -0.1) is 0 Å². The van der Waals surface area contributed by atoms with Gasteiger partial charge in [0, 0.05) is 18.7 Å². The first-order chi connectivity index (χ1) is 14.2. The van der Waals surface area contributed by atoms with Crippen LogP contribution in [0.25, 0.3) is 0 Å². The van der Waals surface area contributed by atoms with Crippen molar-refractivity contribution < 1.29 is 19.7 Å². The summed E-state index contributed by atoms with van der Waals surface area (Å²) in [5.41, 5.74) is 1.07. The molecule has 1 unspecified atom stereocenters. The molecule has 30 heavy (non-hydrogen) atoms. The average Bonchev–Trinajstić information content (AvgIpc) is 2.69. The molecule has 5 heteroatoms. The van der Waals surface area contributed by atoms with Crippen molar-refractivity contribution >= 4 is 5.91 Å². The number of carbonyl (C=O) groups is 1. The van der Waals surface area contributed by atoms with Gasteiger partial charge in [-0.2, -0.15) is 0 Å². The normalized spacial score (nSPS) is 31.2. The first-order valence-electron chi connectivity index (χ1n) is 11.5. The molecule has 1 aliphatic carbocycles. The molecule has 1 aliphatic heterocycles. The number of nitrogens with one attached hydrogen (secondary N) is 1. The molecule has 0 radical (unpaired) electrons. The van der Waals surface area contributed by atoms with Gasteiger partial charge in [-0.3, -0.25) is 4.79 Å². The number of aliphatic hydroxyl groups is 2. The van der Waals surface area contributed by atoms with Gasteiger partial charge in [0.15, 0.2) is 0 Å². The maximum atomic E-state index is 11.8. The van der Waals surface area contributed by atoms with Crippen molar-refractivity contribution in [3.8, 4) is 0 Å². The molecule has 5 nitrogen and oxygen atoms in total. The van der Waals surface area contributed by atoms with Crippen LogP contribution in [0.2, 0.25) is 0 Å². The number of hydrogen-bond donors (Lipinski definition) is 3. The maximum absolute atomic E-state index is 11.8. The van der Waals surface area contributed by atoms with Gasteiger partial charge in [0.1, 0.15) is 0 Å². The number of ether oxygens (including phenoxy) is 1. The minimum atomic E-state index is -0.595. The van der Waals surface area contributed by atoms with Crippen LogP contribution in [0.4, 0.5) is 0 Å². The Labute approximate surface area is 182 Å². The van der Waals surface area contributed by atoms with Crippen LogP contribution in [-0.4, -0.2) is 46.6 Å². The van der Waals surface area contributed by atoms with Gasteiger partial charge < -0.3 is 20.3 Å². The lowest BCUT2D eigenvalue weighted by atomic mass is 9.83. The van der Waals surface area contributed by atoms with Crippen LogP contribution in [0.5, 0.6) is 0 Å². The minimum absolute atomic E-state index is 0.0659. The molecule has 3 atom stereocenters. The Bertz CT molecular complexity index is 627. The lowest BCUT2D eigenvalue weighted by molar-refractivity contribution is -0.117. The van der Waals surface area contributed by atoms with Gasteiger partial charge in [0.2, 0.25) is 5.91 Å². The predicted octanol–water partition coefficient (Wildman–Crippen LogP) is 4.06. The van der Waals surface area contributed by atoms with E-state index >= 15 is 0 Å². The fraction of sp³-hybridized carbons (Fsp3) is 0.720. The summed E-state index contributed by atoms with van der Waals surface area (Å²) in [5, 5.41) is 21.8. The number of amides is 1. The number of hydrogen-bond acceptors (Lipinski definition) is 4. The van der Waals surface area contributed by atoms with Crippen LogP contribution in [0.3, 0.4) is 0 Å². The Hall–Kier alpha value is -1.43. The van der Waals surface area contributed by atoms with Crippen molar-refractivity contribution in [1.29, 1.82) is 0 Å². The van der Waals surface area contributed by atoms with Crippen molar-refractivity contribution in [1.82, 2.24) is 5.32 Å². The Morgan fingerprint density at radius 3 is 2.53 bits per heavy atom. The third-order valence-corrected chi connectivity index (χ3v) is 6.14. The Morgan fingerprint density at radius 2 is 1.90 bits per heavy atom. The van der Waals surface area contributed by atoms with E-state index < -0.39 is 6.10 Å². The molecule has 1 heterocycles. The fourth-order valence-electron chi connectivity index (χ4n) is 4.57. The second-order valence-electron chi connectivity index (χ2n) is 9.77. The van der Waals surface area contributed by atoms with E-state index in [-0.39, 0.29) is 30.3 Å². The Kier molecular flexibility index (Phi) is 9.79. The van der Waals surface area contributed by atoms with Crippen molar-refractivity contribution in [2.75, 3.05) is 6.61 Å². The third kappa shape index (κ3) is 9.15. The largest absolute Gasteiger partial charge is 0.396 e. The fourth-order valence-corrected chi connectivity index (χ4v) is 4.57. The van der Waals surface area contributed by atoms with Crippen molar-refractivity contribution in [2.45, 2.75) is 96.5 Å². The summed E-state index contributed by atoms with van der Waals surface area (Å²) in [6, 6.07) is 0.239. The molecule has 2 fully saturated rings. The lowest BCUT2D eigenvalue weighted by Gasteiger charge is -2.39. The van der Waals surface area contributed by atoms with E-state index in [0.29, 0.717) is 11.8 Å². The van der Waals surface area contributed by atoms with Crippen molar-refractivity contribution in [2.24, 2.45) is 11.8 Å². The highest BCUT2D eigenvalue weighted by atomic mass is 16.5. The standard InChI is InChI=1S/C25H41NO4/c1-18(6-13-23-15-21(17-27)16-25(3,4)30-23)5-8-20-9-11-22(12-10-20)26-24(29)14-7-19(2)28/h5-7,13-14,19-23,27-28H,8-12,15-17H2,1-4H3,(H,26,29)/b13-6+,14-7-,18-5+/t19-,20-,21?,22+,23+/m0/s1. The summed E-state index contributed by atoms with van der Waals surface area (Å²) in [6.45, 7) is 8.19. The van der Waals surface area contributed by atoms with Crippen LogP contribution in [0, 0.1) is 11.8 Å². The Balaban J connectivity index is 1.73. The molecule has 1 saturated carbocycles.